The molecule has 1 amide bonds. The maximum atomic E-state index is 12.7. The summed E-state index contributed by atoms with van der Waals surface area (Å²) in [7, 11) is 0. The molecule has 1 aliphatic heterocycles. The fraction of sp³-hybridized carbons (Fsp3) is 0.348. The largest absolute Gasteiger partial charge is 0.361 e. The van der Waals surface area contributed by atoms with Crippen molar-refractivity contribution in [1.29, 1.82) is 0 Å². The molecule has 4 nitrogen and oxygen atoms in total. The number of hydrogen-bond acceptors (Lipinski definition) is 2. The van der Waals surface area contributed by atoms with E-state index in [2.05, 4.69) is 39.5 Å². The van der Waals surface area contributed by atoms with Crippen LogP contribution in [0, 0.1) is 0 Å². The van der Waals surface area contributed by atoms with Gasteiger partial charge in [-0.15, -0.1) is 0 Å². The Morgan fingerprint density at radius 2 is 1.78 bits per heavy atom. The second-order valence-corrected chi connectivity index (χ2v) is 7.40. The van der Waals surface area contributed by atoms with Gasteiger partial charge < -0.3 is 15.2 Å². The highest BCUT2D eigenvalue weighted by atomic mass is 16.1. The van der Waals surface area contributed by atoms with E-state index in [1.807, 2.05) is 36.5 Å². The van der Waals surface area contributed by atoms with Crippen LogP contribution < -0.4 is 5.32 Å². The van der Waals surface area contributed by atoms with Gasteiger partial charge in [0.2, 0.25) is 5.91 Å². The van der Waals surface area contributed by atoms with E-state index in [4.69, 9.17) is 0 Å². The van der Waals surface area contributed by atoms with Crippen LogP contribution in [0.15, 0.2) is 60.8 Å². The Morgan fingerprint density at radius 3 is 2.59 bits per heavy atom. The number of rotatable bonds is 7. The number of likely N-dealkylation sites (tertiary alicyclic amines) is 1. The molecule has 4 rings (SSSR count). The summed E-state index contributed by atoms with van der Waals surface area (Å²) in [4.78, 5) is 18.4. The molecular formula is C23H27N3O. The summed E-state index contributed by atoms with van der Waals surface area (Å²) >= 11 is 0. The number of fused-ring (bicyclic) bond motifs is 1. The van der Waals surface area contributed by atoms with Crippen LogP contribution in [-0.4, -0.2) is 35.4 Å². The summed E-state index contributed by atoms with van der Waals surface area (Å²) < 4.78 is 0. The van der Waals surface area contributed by atoms with Crippen molar-refractivity contribution in [2.75, 3.05) is 19.6 Å². The van der Waals surface area contributed by atoms with Crippen molar-refractivity contribution in [1.82, 2.24) is 15.2 Å². The third-order valence-electron chi connectivity index (χ3n) is 5.47. The summed E-state index contributed by atoms with van der Waals surface area (Å²) in [5, 5.41) is 4.49. The molecule has 0 spiro atoms. The van der Waals surface area contributed by atoms with Gasteiger partial charge >= 0.3 is 0 Å². The van der Waals surface area contributed by atoms with Crippen molar-refractivity contribution >= 4 is 16.8 Å². The van der Waals surface area contributed by atoms with Gasteiger partial charge in [-0.05, 0) is 49.5 Å². The number of amides is 1. The standard InChI is InChI=1S/C23H27N3O/c27-23(13-12-19-16-24-21-11-5-4-10-20(19)21)25-22(17-26-14-6-7-15-26)18-8-2-1-3-9-18/h1-5,8-11,16,22,24H,6-7,12-15,17H2,(H,25,27). The molecule has 1 atom stereocenters. The quantitative estimate of drug-likeness (QED) is 0.667. The number of carbonyl (C=O) groups excluding carboxylic acids is 1. The van der Waals surface area contributed by atoms with E-state index in [-0.39, 0.29) is 11.9 Å². The Balaban J connectivity index is 1.40. The minimum atomic E-state index is 0.0553. The molecule has 4 heteroatoms. The van der Waals surface area contributed by atoms with Gasteiger partial charge in [0, 0.05) is 30.1 Å². The predicted octanol–water partition coefficient (Wildman–Crippen LogP) is 4.05. The first kappa shape index (κ1) is 17.8. The number of nitrogens with one attached hydrogen (secondary N) is 2. The highest BCUT2D eigenvalue weighted by Crippen LogP contribution is 2.20. The molecule has 2 N–H and O–H groups in total. The average molecular weight is 361 g/mol. The summed E-state index contributed by atoms with van der Waals surface area (Å²) in [6.45, 7) is 3.16. The van der Waals surface area contributed by atoms with Crippen LogP contribution in [-0.2, 0) is 11.2 Å². The molecule has 1 aromatic heterocycles. The average Bonchev–Trinajstić information content (AvgIpc) is 3.36. The second-order valence-electron chi connectivity index (χ2n) is 7.40. The first-order valence-electron chi connectivity index (χ1n) is 9.91. The maximum absolute atomic E-state index is 12.7. The highest BCUT2D eigenvalue weighted by molar-refractivity contribution is 5.84. The number of aromatic nitrogens is 1. The molecule has 0 bridgehead atoms. The van der Waals surface area contributed by atoms with E-state index in [1.165, 1.54) is 29.4 Å². The van der Waals surface area contributed by atoms with Crippen LogP contribution in [0.2, 0.25) is 0 Å². The van der Waals surface area contributed by atoms with Crippen LogP contribution in [0.1, 0.15) is 36.4 Å². The van der Waals surface area contributed by atoms with Crippen LogP contribution in [0.5, 0.6) is 0 Å². The van der Waals surface area contributed by atoms with Gasteiger partial charge in [0.25, 0.3) is 0 Å². The lowest BCUT2D eigenvalue weighted by Crippen LogP contribution is -2.37. The fourth-order valence-corrected chi connectivity index (χ4v) is 4.00. The molecule has 1 unspecified atom stereocenters. The minimum Gasteiger partial charge on any atom is -0.361 e. The summed E-state index contributed by atoms with van der Waals surface area (Å²) in [6, 6.07) is 18.6. The number of carbonyl (C=O) groups is 1. The number of para-hydroxylation sites is 1. The Morgan fingerprint density at radius 1 is 1.04 bits per heavy atom. The van der Waals surface area contributed by atoms with Gasteiger partial charge in [0.1, 0.15) is 0 Å². The zero-order chi connectivity index (χ0) is 18.5. The smallest absolute Gasteiger partial charge is 0.220 e. The van der Waals surface area contributed by atoms with Crippen LogP contribution in [0.4, 0.5) is 0 Å². The van der Waals surface area contributed by atoms with Gasteiger partial charge in [-0.1, -0.05) is 48.5 Å². The number of nitrogens with zero attached hydrogens (tertiary/aromatic N) is 1. The Kier molecular flexibility index (Phi) is 5.54. The topological polar surface area (TPSA) is 48.1 Å². The van der Waals surface area contributed by atoms with Crippen molar-refractivity contribution < 1.29 is 4.79 Å². The second kappa shape index (κ2) is 8.40. The van der Waals surface area contributed by atoms with Crippen molar-refractivity contribution in [3.63, 3.8) is 0 Å². The van der Waals surface area contributed by atoms with Crippen molar-refractivity contribution in [2.24, 2.45) is 0 Å². The molecule has 3 aromatic rings. The molecule has 0 aliphatic carbocycles. The van der Waals surface area contributed by atoms with Crippen LogP contribution in [0.25, 0.3) is 10.9 Å². The SMILES string of the molecule is O=C(CCc1c[nH]c2ccccc12)NC(CN1CCCC1)c1ccccc1. The van der Waals surface area contributed by atoms with E-state index in [1.54, 1.807) is 0 Å². The number of aryl methyl sites for hydroxylation is 1. The summed E-state index contributed by atoms with van der Waals surface area (Å²) in [6.07, 6.45) is 5.80. The molecule has 2 heterocycles. The molecule has 1 saturated heterocycles. The van der Waals surface area contributed by atoms with Gasteiger partial charge in [0.05, 0.1) is 6.04 Å². The Hall–Kier alpha value is -2.59. The molecule has 0 radical (unpaired) electrons. The molecule has 1 aliphatic rings. The first-order chi connectivity index (χ1) is 13.3. The molecule has 0 saturated carbocycles. The normalized spacial score (nSPS) is 15.9. The first-order valence-corrected chi connectivity index (χ1v) is 9.91. The van der Waals surface area contributed by atoms with E-state index in [0.29, 0.717) is 6.42 Å². The predicted molar refractivity (Wildman–Crippen MR) is 110 cm³/mol. The molecule has 140 valence electrons. The molecule has 27 heavy (non-hydrogen) atoms. The number of H-pyrrole nitrogens is 1. The lowest BCUT2D eigenvalue weighted by molar-refractivity contribution is -0.121. The van der Waals surface area contributed by atoms with E-state index in [0.717, 1.165) is 31.6 Å². The Labute approximate surface area is 160 Å². The molecular weight excluding hydrogens is 334 g/mol. The van der Waals surface area contributed by atoms with E-state index in [9.17, 15) is 4.79 Å². The van der Waals surface area contributed by atoms with Crippen molar-refractivity contribution in [3.8, 4) is 0 Å². The molecule has 2 aromatic carbocycles. The van der Waals surface area contributed by atoms with Gasteiger partial charge in [-0.3, -0.25) is 4.79 Å². The monoisotopic (exact) mass is 361 g/mol. The van der Waals surface area contributed by atoms with Crippen molar-refractivity contribution in [3.05, 3.63) is 71.9 Å². The number of aromatic amines is 1. The summed E-state index contributed by atoms with van der Waals surface area (Å²) in [5.74, 6) is 0.119. The number of hydrogen-bond donors (Lipinski definition) is 2. The maximum Gasteiger partial charge on any atom is 0.220 e. The minimum absolute atomic E-state index is 0.0553. The fourth-order valence-electron chi connectivity index (χ4n) is 4.00. The van der Waals surface area contributed by atoms with Crippen LogP contribution in [0.3, 0.4) is 0 Å². The lowest BCUT2D eigenvalue weighted by Gasteiger charge is -2.25. The zero-order valence-electron chi connectivity index (χ0n) is 15.7. The third-order valence-corrected chi connectivity index (χ3v) is 5.47. The van der Waals surface area contributed by atoms with Gasteiger partial charge in [0.15, 0.2) is 0 Å². The zero-order valence-corrected chi connectivity index (χ0v) is 15.7. The molecule has 1 fully saturated rings. The highest BCUT2D eigenvalue weighted by Gasteiger charge is 2.20. The van der Waals surface area contributed by atoms with Crippen molar-refractivity contribution in [2.45, 2.75) is 31.7 Å². The van der Waals surface area contributed by atoms with E-state index < -0.39 is 0 Å². The van der Waals surface area contributed by atoms with Crippen LogP contribution >= 0.6 is 0 Å². The third kappa shape index (κ3) is 4.40. The summed E-state index contributed by atoms with van der Waals surface area (Å²) in [5.41, 5.74) is 3.52. The van der Waals surface area contributed by atoms with E-state index >= 15 is 0 Å². The van der Waals surface area contributed by atoms with Gasteiger partial charge in [-0.2, -0.15) is 0 Å². The lowest BCUT2D eigenvalue weighted by atomic mass is 10.0. The van der Waals surface area contributed by atoms with Gasteiger partial charge in [-0.25, -0.2) is 0 Å². The Bertz CT molecular complexity index is 881. The number of benzene rings is 2.